The van der Waals surface area contributed by atoms with Crippen molar-refractivity contribution in [2.24, 2.45) is 5.92 Å². The Bertz CT molecular complexity index is 473. The van der Waals surface area contributed by atoms with Crippen molar-refractivity contribution >= 4 is 11.9 Å². The summed E-state index contributed by atoms with van der Waals surface area (Å²) in [7, 11) is 0. The number of hydrogen-bond donors (Lipinski definition) is 1. The Hall–Kier alpha value is -1.91. The summed E-state index contributed by atoms with van der Waals surface area (Å²) in [5, 5.41) is 8.99. The highest BCUT2D eigenvalue weighted by molar-refractivity contribution is 5.94. The molecule has 4 nitrogen and oxygen atoms in total. The van der Waals surface area contributed by atoms with E-state index in [4.69, 9.17) is 5.11 Å². The van der Waals surface area contributed by atoms with Gasteiger partial charge in [-0.15, -0.1) is 0 Å². The fourth-order valence-corrected chi connectivity index (χ4v) is 1.81. The molecule has 1 aromatic rings. The lowest BCUT2D eigenvalue weighted by Crippen LogP contribution is -2.42. The highest BCUT2D eigenvalue weighted by atomic mass is 19.1. The van der Waals surface area contributed by atoms with Gasteiger partial charge in [0.2, 0.25) is 0 Å². The van der Waals surface area contributed by atoms with E-state index in [0.29, 0.717) is 5.56 Å². The fraction of sp³-hybridized carbons (Fsp3) is 0.467. The smallest absolute Gasteiger partial charge is 0.308 e. The predicted octanol–water partition coefficient (Wildman–Crippen LogP) is 2.79. The number of hydrogen-bond acceptors (Lipinski definition) is 2. The first-order valence-corrected chi connectivity index (χ1v) is 6.66. The number of carbonyl (C=O) groups is 2. The molecule has 0 fully saturated rings. The van der Waals surface area contributed by atoms with Gasteiger partial charge in [-0.05, 0) is 37.6 Å². The molecule has 0 aliphatic heterocycles. The normalized spacial score (nSPS) is 13.6. The number of amides is 1. The third-order valence-corrected chi connectivity index (χ3v) is 3.37. The van der Waals surface area contributed by atoms with Gasteiger partial charge >= 0.3 is 5.97 Å². The monoisotopic (exact) mass is 281 g/mol. The van der Waals surface area contributed by atoms with Crippen LogP contribution in [0.3, 0.4) is 0 Å². The van der Waals surface area contributed by atoms with Gasteiger partial charge in [0.25, 0.3) is 5.91 Å². The van der Waals surface area contributed by atoms with E-state index < -0.39 is 17.7 Å². The molecule has 1 aromatic carbocycles. The molecule has 5 heteroatoms. The van der Waals surface area contributed by atoms with Crippen LogP contribution in [0, 0.1) is 11.7 Å². The lowest BCUT2D eigenvalue weighted by Gasteiger charge is -2.30. The summed E-state index contributed by atoms with van der Waals surface area (Å²) in [6.45, 7) is 5.51. The van der Waals surface area contributed by atoms with Crippen molar-refractivity contribution in [1.29, 1.82) is 0 Å². The molecule has 0 saturated heterocycles. The number of halogens is 1. The largest absolute Gasteiger partial charge is 0.481 e. The van der Waals surface area contributed by atoms with E-state index in [-0.39, 0.29) is 18.5 Å². The van der Waals surface area contributed by atoms with Crippen molar-refractivity contribution in [2.75, 3.05) is 6.54 Å². The minimum Gasteiger partial charge on any atom is -0.481 e. The molecule has 0 aliphatic rings. The maximum Gasteiger partial charge on any atom is 0.308 e. The van der Waals surface area contributed by atoms with Gasteiger partial charge in [-0.3, -0.25) is 9.59 Å². The zero-order chi connectivity index (χ0) is 15.3. The van der Waals surface area contributed by atoms with Crippen LogP contribution in [0.5, 0.6) is 0 Å². The third-order valence-electron chi connectivity index (χ3n) is 3.37. The van der Waals surface area contributed by atoms with Crippen molar-refractivity contribution in [1.82, 2.24) is 4.90 Å². The number of carboxylic acid groups (broad SMARTS) is 1. The summed E-state index contributed by atoms with van der Waals surface area (Å²) in [6.07, 6.45) is 0.722. The minimum absolute atomic E-state index is 0.0747. The molecule has 0 heterocycles. The molecule has 1 amide bonds. The van der Waals surface area contributed by atoms with Crippen molar-refractivity contribution in [3.63, 3.8) is 0 Å². The maximum absolute atomic E-state index is 12.9. The third kappa shape index (κ3) is 4.05. The van der Waals surface area contributed by atoms with Gasteiger partial charge in [0, 0.05) is 18.2 Å². The lowest BCUT2D eigenvalue weighted by atomic mass is 10.1. The first kappa shape index (κ1) is 16.1. The first-order valence-electron chi connectivity index (χ1n) is 6.66. The van der Waals surface area contributed by atoms with Gasteiger partial charge in [0.1, 0.15) is 5.82 Å². The second kappa shape index (κ2) is 7.03. The number of carboxylic acids is 1. The highest BCUT2D eigenvalue weighted by Gasteiger charge is 2.25. The van der Waals surface area contributed by atoms with E-state index in [9.17, 15) is 14.0 Å². The van der Waals surface area contributed by atoms with Crippen LogP contribution in [0.1, 0.15) is 37.6 Å². The lowest BCUT2D eigenvalue weighted by molar-refractivity contribution is -0.141. The van der Waals surface area contributed by atoms with E-state index >= 15 is 0 Å². The molecule has 0 aromatic heterocycles. The number of rotatable bonds is 6. The first-order chi connectivity index (χ1) is 9.36. The standard InChI is InChI=1S/C15H20FNO3/c1-4-11(3)17(9-10(2)15(19)20)14(18)12-5-7-13(16)8-6-12/h5-8,10-11H,4,9H2,1-3H3,(H,19,20). The Morgan fingerprint density at radius 2 is 1.80 bits per heavy atom. The van der Waals surface area contributed by atoms with Crippen LogP contribution >= 0.6 is 0 Å². The molecular formula is C15H20FNO3. The van der Waals surface area contributed by atoms with Crippen LogP contribution in [0.15, 0.2) is 24.3 Å². The van der Waals surface area contributed by atoms with Gasteiger partial charge in [0.15, 0.2) is 0 Å². The molecular weight excluding hydrogens is 261 g/mol. The predicted molar refractivity (Wildman–Crippen MR) is 74.0 cm³/mol. The van der Waals surface area contributed by atoms with Gasteiger partial charge in [-0.2, -0.15) is 0 Å². The summed E-state index contributed by atoms with van der Waals surface area (Å²) >= 11 is 0. The van der Waals surface area contributed by atoms with Crippen molar-refractivity contribution < 1.29 is 19.1 Å². The number of carbonyl (C=O) groups excluding carboxylic acids is 1. The maximum atomic E-state index is 12.9. The van der Waals surface area contributed by atoms with Crippen LogP contribution in [0.2, 0.25) is 0 Å². The molecule has 0 bridgehead atoms. The van der Waals surface area contributed by atoms with Crippen LogP contribution < -0.4 is 0 Å². The molecule has 2 unspecified atom stereocenters. The molecule has 0 saturated carbocycles. The topological polar surface area (TPSA) is 57.6 Å². The summed E-state index contributed by atoms with van der Waals surface area (Å²) in [5.74, 6) is -2.26. The highest BCUT2D eigenvalue weighted by Crippen LogP contribution is 2.14. The van der Waals surface area contributed by atoms with E-state index in [2.05, 4.69) is 0 Å². The Morgan fingerprint density at radius 1 is 1.25 bits per heavy atom. The van der Waals surface area contributed by atoms with E-state index in [1.54, 1.807) is 6.92 Å². The van der Waals surface area contributed by atoms with Crippen LogP contribution in [-0.4, -0.2) is 34.5 Å². The molecule has 1 N–H and O–H groups in total. The van der Waals surface area contributed by atoms with E-state index in [1.165, 1.54) is 29.2 Å². The summed E-state index contributed by atoms with van der Waals surface area (Å²) < 4.78 is 12.9. The van der Waals surface area contributed by atoms with Crippen LogP contribution in [-0.2, 0) is 4.79 Å². The minimum atomic E-state index is -0.940. The van der Waals surface area contributed by atoms with Crippen molar-refractivity contribution in [3.8, 4) is 0 Å². The summed E-state index contributed by atoms with van der Waals surface area (Å²) in [4.78, 5) is 24.9. The molecule has 0 aliphatic carbocycles. The molecule has 20 heavy (non-hydrogen) atoms. The molecule has 2 atom stereocenters. The summed E-state index contributed by atoms with van der Waals surface area (Å²) in [6, 6.07) is 5.21. The Labute approximate surface area is 118 Å². The zero-order valence-electron chi connectivity index (χ0n) is 12.0. The average molecular weight is 281 g/mol. The Balaban J connectivity index is 2.95. The molecule has 0 radical (unpaired) electrons. The second-order valence-electron chi connectivity index (χ2n) is 4.96. The SMILES string of the molecule is CCC(C)N(CC(C)C(=O)O)C(=O)c1ccc(F)cc1. The molecule has 110 valence electrons. The fourth-order valence-electron chi connectivity index (χ4n) is 1.81. The number of aliphatic carboxylic acids is 1. The van der Waals surface area contributed by atoms with E-state index in [1.807, 2.05) is 13.8 Å². The van der Waals surface area contributed by atoms with Gasteiger partial charge in [0.05, 0.1) is 5.92 Å². The van der Waals surface area contributed by atoms with Gasteiger partial charge < -0.3 is 10.0 Å². The number of benzene rings is 1. The Morgan fingerprint density at radius 3 is 2.25 bits per heavy atom. The van der Waals surface area contributed by atoms with Crippen LogP contribution in [0.25, 0.3) is 0 Å². The van der Waals surface area contributed by atoms with Gasteiger partial charge in [-0.25, -0.2) is 4.39 Å². The Kier molecular flexibility index (Phi) is 5.67. The zero-order valence-corrected chi connectivity index (χ0v) is 12.0. The van der Waals surface area contributed by atoms with Crippen molar-refractivity contribution in [3.05, 3.63) is 35.6 Å². The molecule has 0 spiro atoms. The van der Waals surface area contributed by atoms with Crippen LogP contribution in [0.4, 0.5) is 4.39 Å². The summed E-state index contributed by atoms with van der Waals surface area (Å²) in [5.41, 5.74) is 0.365. The van der Waals surface area contributed by atoms with E-state index in [0.717, 1.165) is 6.42 Å². The van der Waals surface area contributed by atoms with Gasteiger partial charge in [-0.1, -0.05) is 13.8 Å². The second-order valence-corrected chi connectivity index (χ2v) is 4.96. The quantitative estimate of drug-likeness (QED) is 0.872. The average Bonchev–Trinajstić information content (AvgIpc) is 2.43. The molecule has 1 rings (SSSR count). The number of nitrogens with zero attached hydrogens (tertiary/aromatic N) is 1. The van der Waals surface area contributed by atoms with Crippen molar-refractivity contribution in [2.45, 2.75) is 33.2 Å².